The van der Waals surface area contributed by atoms with Crippen LogP contribution in [-0.4, -0.2) is 42.3 Å². The predicted octanol–water partition coefficient (Wildman–Crippen LogP) is 4.87. The second-order valence-electron chi connectivity index (χ2n) is 7.02. The zero-order chi connectivity index (χ0) is 23.4. The first-order valence-corrected chi connectivity index (χ1v) is 11.0. The molecular formula is C23H21N5O4S. The first-order valence-electron chi connectivity index (χ1n) is 10.2. The van der Waals surface area contributed by atoms with Crippen molar-refractivity contribution in [2.24, 2.45) is 15.3 Å². The predicted molar refractivity (Wildman–Crippen MR) is 125 cm³/mol. The highest BCUT2D eigenvalue weighted by Gasteiger charge is 2.36. The molecule has 0 saturated heterocycles. The first-order chi connectivity index (χ1) is 16.0. The van der Waals surface area contributed by atoms with E-state index in [1.165, 1.54) is 16.3 Å². The molecule has 4 rings (SSSR count). The van der Waals surface area contributed by atoms with E-state index in [0.29, 0.717) is 28.7 Å². The number of thiazole rings is 1. The molecule has 0 aliphatic carbocycles. The summed E-state index contributed by atoms with van der Waals surface area (Å²) in [5.41, 5.74) is 3.11. The summed E-state index contributed by atoms with van der Waals surface area (Å²) in [7, 11) is 1.61. The van der Waals surface area contributed by atoms with Gasteiger partial charge in [-0.05, 0) is 62.4 Å². The topological polar surface area (TPSA) is 106 Å². The van der Waals surface area contributed by atoms with Gasteiger partial charge < -0.3 is 9.47 Å². The lowest BCUT2D eigenvalue weighted by molar-refractivity contribution is -0.117. The quantitative estimate of drug-likeness (QED) is 0.367. The maximum Gasteiger partial charge on any atom is 0.338 e. The number of hydrazone groups is 1. The van der Waals surface area contributed by atoms with Crippen molar-refractivity contribution in [1.29, 1.82) is 0 Å². The van der Waals surface area contributed by atoms with E-state index in [2.05, 4.69) is 20.3 Å². The highest BCUT2D eigenvalue weighted by molar-refractivity contribution is 7.14. The highest BCUT2D eigenvalue weighted by atomic mass is 32.1. The third kappa shape index (κ3) is 4.80. The number of benzene rings is 2. The molecule has 168 valence electrons. The van der Waals surface area contributed by atoms with Gasteiger partial charge in [-0.2, -0.15) is 20.3 Å². The summed E-state index contributed by atoms with van der Waals surface area (Å²) in [6, 6.07) is 13.2. The van der Waals surface area contributed by atoms with Crippen LogP contribution in [0.15, 0.2) is 69.2 Å². The molecule has 2 aromatic carbocycles. The van der Waals surface area contributed by atoms with Crippen molar-refractivity contribution < 1.29 is 19.1 Å². The molecule has 0 saturated carbocycles. The summed E-state index contributed by atoms with van der Waals surface area (Å²) in [5, 5.41) is 16.3. The number of amides is 1. The molecule has 2 heterocycles. The van der Waals surface area contributed by atoms with Crippen LogP contribution in [0.2, 0.25) is 0 Å². The average Bonchev–Trinajstić information content (AvgIpc) is 3.43. The van der Waals surface area contributed by atoms with E-state index in [0.717, 1.165) is 17.0 Å². The monoisotopic (exact) mass is 463 g/mol. The molecule has 33 heavy (non-hydrogen) atoms. The van der Waals surface area contributed by atoms with E-state index in [4.69, 9.17) is 9.47 Å². The van der Waals surface area contributed by atoms with Gasteiger partial charge in [-0.1, -0.05) is 0 Å². The van der Waals surface area contributed by atoms with E-state index in [9.17, 15) is 9.59 Å². The lowest BCUT2D eigenvalue weighted by Gasteiger charge is -2.08. The van der Waals surface area contributed by atoms with Gasteiger partial charge in [0.1, 0.15) is 5.75 Å². The Labute approximate surface area is 194 Å². The zero-order valence-corrected chi connectivity index (χ0v) is 19.1. The maximum atomic E-state index is 12.9. The molecule has 3 aromatic rings. The van der Waals surface area contributed by atoms with E-state index in [1.54, 1.807) is 45.2 Å². The summed E-state index contributed by atoms with van der Waals surface area (Å²) in [6.45, 7) is 3.78. The Morgan fingerprint density at radius 2 is 1.88 bits per heavy atom. The third-order valence-corrected chi connectivity index (χ3v) is 5.64. The molecule has 1 atom stereocenters. The van der Waals surface area contributed by atoms with Crippen LogP contribution in [0, 0.1) is 0 Å². The largest absolute Gasteiger partial charge is 0.497 e. The number of carbonyl (C=O) groups is 2. The molecule has 0 N–H and O–H groups in total. The molecule has 10 heteroatoms. The van der Waals surface area contributed by atoms with E-state index < -0.39 is 12.0 Å². The Hall–Kier alpha value is -3.92. The average molecular weight is 464 g/mol. The van der Waals surface area contributed by atoms with Gasteiger partial charge in [-0.3, -0.25) is 4.79 Å². The van der Waals surface area contributed by atoms with Crippen LogP contribution in [0.25, 0.3) is 11.3 Å². The number of anilines is 1. The number of hydrogen-bond acceptors (Lipinski definition) is 9. The Bertz CT molecular complexity index is 1220. The van der Waals surface area contributed by atoms with Crippen LogP contribution in [0.1, 0.15) is 24.2 Å². The Kier molecular flexibility index (Phi) is 6.55. The summed E-state index contributed by atoms with van der Waals surface area (Å²) in [6.07, 6.45) is 0. The van der Waals surface area contributed by atoms with E-state index >= 15 is 0 Å². The molecule has 1 aromatic heterocycles. The van der Waals surface area contributed by atoms with Crippen molar-refractivity contribution >= 4 is 39.7 Å². The van der Waals surface area contributed by atoms with Gasteiger partial charge in [0.05, 0.1) is 36.4 Å². The molecule has 9 nitrogen and oxygen atoms in total. The number of methoxy groups -OCH3 is 1. The zero-order valence-electron chi connectivity index (χ0n) is 18.3. The molecule has 0 unspecified atom stereocenters. The van der Waals surface area contributed by atoms with Gasteiger partial charge in [0, 0.05) is 10.9 Å². The Morgan fingerprint density at radius 3 is 2.55 bits per heavy atom. The highest BCUT2D eigenvalue weighted by Crippen LogP contribution is 2.31. The van der Waals surface area contributed by atoms with Gasteiger partial charge in [-0.15, -0.1) is 11.3 Å². The minimum absolute atomic E-state index is 0.305. The number of rotatable bonds is 7. The first kappa shape index (κ1) is 22.3. The molecule has 0 radical (unpaired) electrons. The standard InChI is InChI=1S/C23H21N5O4S/c1-4-32-22(30)16-5-9-17(10-6-16)25-26-20-14(2)27-28(21(20)29)23-24-19(13-33-23)15-7-11-18(31-3)12-8-15/h5-13,20H,4H2,1-3H3/t20-/m1/s1. The van der Waals surface area contributed by atoms with Crippen molar-refractivity contribution in [3.63, 3.8) is 0 Å². The van der Waals surface area contributed by atoms with Crippen molar-refractivity contribution in [3.8, 4) is 17.0 Å². The van der Waals surface area contributed by atoms with Crippen LogP contribution in [-0.2, 0) is 9.53 Å². The second-order valence-corrected chi connectivity index (χ2v) is 7.86. The fourth-order valence-electron chi connectivity index (χ4n) is 3.09. The van der Waals surface area contributed by atoms with E-state index in [1.807, 2.05) is 29.6 Å². The third-order valence-electron chi connectivity index (χ3n) is 4.82. The lowest BCUT2D eigenvalue weighted by Crippen LogP contribution is -2.29. The van der Waals surface area contributed by atoms with E-state index in [-0.39, 0.29) is 5.91 Å². The van der Waals surface area contributed by atoms with Gasteiger partial charge >= 0.3 is 5.97 Å². The SMILES string of the molecule is CCOC(=O)c1ccc(N=N[C@H]2C(=O)N(c3nc(-c4ccc(OC)cc4)cs3)N=C2C)cc1. The van der Waals surface area contributed by atoms with Gasteiger partial charge in [0.2, 0.25) is 5.13 Å². The number of ether oxygens (including phenoxy) is 2. The number of aromatic nitrogens is 1. The Morgan fingerprint density at radius 1 is 1.15 bits per heavy atom. The number of carbonyl (C=O) groups excluding carboxylic acids is 2. The van der Waals surface area contributed by atoms with Gasteiger partial charge in [-0.25, -0.2) is 9.78 Å². The lowest BCUT2D eigenvalue weighted by atomic mass is 10.2. The van der Waals surface area contributed by atoms with Gasteiger partial charge in [0.15, 0.2) is 6.04 Å². The minimum Gasteiger partial charge on any atom is -0.497 e. The summed E-state index contributed by atoms with van der Waals surface area (Å²) >= 11 is 1.32. The fourth-order valence-corrected chi connectivity index (χ4v) is 3.87. The Balaban J connectivity index is 1.46. The number of esters is 1. The van der Waals surface area contributed by atoms with Crippen LogP contribution < -0.4 is 9.75 Å². The van der Waals surface area contributed by atoms with Crippen molar-refractivity contribution in [2.45, 2.75) is 19.9 Å². The molecule has 1 aliphatic heterocycles. The van der Waals surface area contributed by atoms with Crippen LogP contribution in [0.3, 0.4) is 0 Å². The summed E-state index contributed by atoms with van der Waals surface area (Å²) < 4.78 is 10.1. The molecule has 1 amide bonds. The van der Waals surface area contributed by atoms with Crippen LogP contribution in [0.4, 0.5) is 10.8 Å². The summed E-state index contributed by atoms with van der Waals surface area (Å²) in [5.74, 6) is 0.0333. The number of nitrogens with zero attached hydrogens (tertiary/aromatic N) is 5. The van der Waals surface area contributed by atoms with Crippen LogP contribution in [0.5, 0.6) is 5.75 Å². The number of azo groups is 1. The molecule has 0 fully saturated rings. The van der Waals surface area contributed by atoms with Gasteiger partial charge in [0.25, 0.3) is 5.91 Å². The maximum absolute atomic E-state index is 12.9. The minimum atomic E-state index is -0.830. The van der Waals surface area contributed by atoms with Crippen molar-refractivity contribution in [2.75, 3.05) is 18.7 Å². The molecular weight excluding hydrogens is 442 g/mol. The fraction of sp³-hybridized carbons (Fsp3) is 0.217. The van der Waals surface area contributed by atoms with Crippen molar-refractivity contribution in [3.05, 3.63) is 59.5 Å². The van der Waals surface area contributed by atoms with Crippen LogP contribution >= 0.6 is 11.3 Å². The smallest absolute Gasteiger partial charge is 0.338 e. The number of hydrogen-bond donors (Lipinski definition) is 0. The normalized spacial score (nSPS) is 15.7. The molecule has 1 aliphatic rings. The second kappa shape index (κ2) is 9.70. The molecule has 0 spiro atoms. The molecule has 0 bridgehead atoms. The van der Waals surface area contributed by atoms with Crippen molar-refractivity contribution in [1.82, 2.24) is 4.98 Å². The summed E-state index contributed by atoms with van der Waals surface area (Å²) in [4.78, 5) is 29.2.